The molecule has 1 aromatic rings. The molecule has 0 bridgehead atoms. The molecule has 82 valence electrons. The Kier molecular flexibility index (Phi) is 4.09. The summed E-state index contributed by atoms with van der Waals surface area (Å²) in [6.45, 7) is 3.92. The second-order valence-electron chi connectivity index (χ2n) is 3.67. The molecule has 0 aromatic heterocycles. The Morgan fingerprint density at radius 3 is 2.67 bits per heavy atom. The van der Waals surface area contributed by atoms with Gasteiger partial charge in [-0.25, -0.2) is 0 Å². The molecule has 0 heterocycles. The molecule has 3 heteroatoms. The second kappa shape index (κ2) is 5.12. The van der Waals surface area contributed by atoms with E-state index in [1.165, 1.54) is 0 Å². The summed E-state index contributed by atoms with van der Waals surface area (Å²) < 4.78 is 4.92. The van der Waals surface area contributed by atoms with E-state index in [1.54, 1.807) is 7.11 Å². The highest BCUT2D eigenvalue weighted by Gasteiger charge is 2.06. The van der Waals surface area contributed by atoms with Gasteiger partial charge in [0.05, 0.1) is 7.11 Å². The van der Waals surface area contributed by atoms with Crippen LogP contribution in [0.4, 0.5) is 0 Å². The van der Waals surface area contributed by atoms with Gasteiger partial charge in [0, 0.05) is 6.42 Å². The lowest BCUT2D eigenvalue weighted by atomic mass is 10.0. The number of rotatable bonds is 3. The molecule has 0 unspecified atom stereocenters. The molecule has 0 aliphatic heterocycles. The summed E-state index contributed by atoms with van der Waals surface area (Å²) in [5.74, 6) is 0.375. The molecular formula is C12H16O2S. The van der Waals surface area contributed by atoms with Crippen LogP contribution < -0.4 is 0 Å². The Bertz CT molecular complexity index is 372. The lowest BCUT2D eigenvalue weighted by Crippen LogP contribution is -2.00. The molecule has 1 N–H and O–H groups in total. The fourth-order valence-electron chi connectivity index (χ4n) is 1.58. The molecule has 0 aliphatic carbocycles. The molecule has 15 heavy (non-hydrogen) atoms. The van der Waals surface area contributed by atoms with Crippen molar-refractivity contribution in [3.63, 3.8) is 0 Å². The van der Waals surface area contributed by atoms with E-state index in [0.717, 1.165) is 23.1 Å². The number of phenolic OH excluding ortho intramolecular Hbond substituents is 1. The predicted molar refractivity (Wildman–Crippen MR) is 65.5 cm³/mol. The van der Waals surface area contributed by atoms with Gasteiger partial charge in [0.25, 0.3) is 0 Å². The van der Waals surface area contributed by atoms with Gasteiger partial charge in [-0.05, 0) is 43.6 Å². The maximum atomic E-state index is 9.82. The first-order valence-corrected chi connectivity index (χ1v) is 5.31. The van der Waals surface area contributed by atoms with Crippen LogP contribution in [0.2, 0.25) is 0 Å². The molecular weight excluding hydrogens is 208 g/mol. The van der Waals surface area contributed by atoms with E-state index in [1.807, 2.05) is 26.0 Å². The number of aromatic hydroxyl groups is 1. The highest BCUT2D eigenvalue weighted by Crippen LogP contribution is 2.24. The van der Waals surface area contributed by atoms with Crippen LogP contribution in [-0.4, -0.2) is 17.3 Å². The summed E-state index contributed by atoms with van der Waals surface area (Å²) in [6, 6.07) is 3.95. The van der Waals surface area contributed by atoms with Crippen LogP contribution in [-0.2, 0) is 11.2 Å². The number of ether oxygens (including phenoxy) is 1. The molecule has 1 rings (SSSR count). The van der Waals surface area contributed by atoms with E-state index in [-0.39, 0.29) is 0 Å². The van der Waals surface area contributed by atoms with Gasteiger partial charge < -0.3 is 9.84 Å². The first kappa shape index (κ1) is 12.0. The van der Waals surface area contributed by atoms with E-state index in [0.29, 0.717) is 17.2 Å². The Balaban J connectivity index is 2.81. The van der Waals surface area contributed by atoms with Crippen LogP contribution in [0.3, 0.4) is 0 Å². The van der Waals surface area contributed by atoms with Crippen molar-refractivity contribution in [2.24, 2.45) is 0 Å². The summed E-state index contributed by atoms with van der Waals surface area (Å²) in [6.07, 6.45) is 1.39. The van der Waals surface area contributed by atoms with Gasteiger partial charge in [-0.3, -0.25) is 0 Å². The number of benzene rings is 1. The average molecular weight is 224 g/mol. The maximum absolute atomic E-state index is 9.82. The fourth-order valence-corrected chi connectivity index (χ4v) is 1.68. The summed E-state index contributed by atoms with van der Waals surface area (Å²) in [7, 11) is 1.57. The van der Waals surface area contributed by atoms with Gasteiger partial charge >= 0.3 is 0 Å². The van der Waals surface area contributed by atoms with Crippen molar-refractivity contribution in [2.45, 2.75) is 26.7 Å². The fraction of sp³-hybridized carbons (Fsp3) is 0.417. The van der Waals surface area contributed by atoms with E-state index < -0.39 is 0 Å². The Hall–Kier alpha value is -1.09. The highest BCUT2D eigenvalue weighted by atomic mass is 32.1. The normalized spacial score (nSPS) is 10.1. The summed E-state index contributed by atoms with van der Waals surface area (Å²) in [4.78, 5) is 0. The van der Waals surface area contributed by atoms with Crippen molar-refractivity contribution in [3.05, 3.63) is 28.8 Å². The van der Waals surface area contributed by atoms with Crippen LogP contribution in [0.1, 0.15) is 23.1 Å². The number of hydrogen-bond acceptors (Lipinski definition) is 3. The predicted octanol–water partition coefficient (Wildman–Crippen LogP) is 2.92. The SMILES string of the molecule is COC(=S)CCc1cc(C)cc(C)c1O. The first-order valence-electron chi connectivity index (χ1n) is 4.90. The Morgan fingerprint density at radius 1 is 1.40 bits per heavy atom. The minimum absolute atomic E-state index is 0.375. The smallest absolute Gasteiger partial charge is 0.159 e. The molecule has 0 spiro atoms. The quantitative estimate of drug-likeness (QED) is 0.800. The third-order valence-electron chi connectivity index (χ3n) is 2.35. The molecule has 0 fully saturated rings. The van der Waals surface area contributed by atoms with E-state index in [9.17, 15) is 5.11 Å². The molecule has 1 aromatic carbocycles. The van der Waals surface area contributed by atoms with Crippen LogP contribution in [0.5, 0.6) is 5.75 Å². The van der Waals surface area contributed by atoms with Crippen molar-refractivity contribution < 1.29 is 9.84 Å². The van der Waals surface area contributed by atoms with Crippen LogP contribution in [0.25, 0.3) is 0 Å². The molecule has 2 nitrogen and oxygen atoms in total. The molecule has 0 amide bonds. The van der Waals surface area contributed by atoms with Gasteiger partial charge in [0.15, 0.2) is 5.05 Å². The van der Waals surface area contributed by atoms with Gasteiger partial charge in [-0.1, -0.05) is 17.7 Å². The topological polar surface area (TPSA) is 29.5 Å². The highest BCUT2D eigenvalue weighted by molar-refractivity contribution is 7.80. The van der Waals surface area contributed by atoms with Crippen LogP contribution in [0.15, 0.2) is 12.1 Å². The number of methoxy groups -OCH3 is 1. The standard InChI is InChI=1S/C12H16O2S/c1-8-6-9(2)12(13)10(7-8)4-5-11(15)14-3/h6-7,13H,4-5H2,1-3H3. The van der Waals surface area contributed by atoms with E-state index in [4.69, 9.17) is 17.0 Å². The maximum Gasteiger partial charge on any atom is 0.159 e. The summed E-state index contributed by atoms with van der Waals surface area (Å²) >= 11 is 4.96. The minimum Gasteiger partial charge on any atom is -0.507 e. The number of hydrogen-bond donors (Lipinski definition) is 1. The molecule has 0 saturated heterocycles. The largest absolute Gasteiger partial charge is 0.507 e. The van der Waals surface area contributed by atoms with Crippen molar-refractivity contribution >= 4 is 17.3 Å². The Morgan fingerprint density at radius 2 is 2.07 bits per heavy atom. The van der Waals surface area contributed by atoms with Crippen LogP contribution in [0, 0.1) is 13.8 Å². The van der Waals surface area contributed by atoms with E-state index in [2.05, 4.69) is 0 Å². The minimum atomic E-state index is 0.375. The monoisotopic (exact) mass is 224 g/mol. The van der Waals surface area contributed by atoms with Crippen molar-refractivity contribution in [2.75, 3.05) is 7.11 Å². The van der Waals surface area contributed by atoms with Gasteiger partial charge in [0.1, 0.15) is 5.75 Å². The lowest BCUT2D eigenvalue weighted by molar-refractivity contribution is 0.401. The zero-order chi connectivity index (χ0) is 11.4. The van der Waals surface area contributed by atoms with Crippen molar-refractivity contribution in [1.82, 2.24) is 0 Å². The molecule has 0 aliphatic rings. The van der Waals surface area contributed by atoms with E-state index >= 15 is 0 Å². The molecule has 0 saturated carbocycles. The van der Waals surface area contributed by atoms with Crippen molar-refractivity contribution in [1.29, 1.82) is 0 Å². The zero-order valence-corrected chi connectivity index (χ0v) is 10.1. The number of aryl methyl sites for hydroxylation is 3. The first-order chi connectivity index (χ1) is 7.04. The average Bonchev–Trinajstić information content (AvgIpc) is 2.20. The van der Waals surface area contributed by atoms with Crippen LogP contribution >= 0.6 is 12.2 Å². The van der Waals surface area contributed by atoms with Gasteiger partial charge in [-0.15, -0.1) is 0 Å². The van der Waals surface area contributed by atoms with Crippen molar-refractivity contribution in [3.8, 4) is 5.75 Å². The third kappa shape index (κ3) is 3.20. The second-order valence-corrected chi connectivity index (χ2v) is 4.12. The number of thiocarbonyl (C=S) groups is 1. The zero-order valence-electron chi connectivity index (χ0n) is 9.33. The Labute approximate surface area is 95.9 Å². The number of phenols is 1. The van der Waals surface area contributed by atoms with Gasteiger partial charge in [0.2, 0.25) is 0 Å². The summed E-state index contributed by atoms with van der Waals surface area (Å²) in [5, 5.41) is 10.4. The molecule has 0 atom stereocenters. The molecule has 0 radical (unpaired) electrons. The van der Waals surface area contributed by atoms with Gasteiger partial charge in [-0.2, -0.15) is 0 Å². The lowest BCUT2D eigenvalue weighted by Gasteiger charge is -2.09. The summed E-state index contributed by atoms with van der Waals surface area (Å²) in [5.41, 5.74) is 3.00. The third-order valence-corrected chi connectivity index (χ3v) is 2.72.